The fraction of sp³-hybridized carbons (Fsp3) is 0.692. The fourth-order valence-electron chi connectivity index (χ4n) is 1.95. The Balaban J connectivity index is 2.26. The SMILES string of the molecule is CCC(CN)C(=O)NCCCn1nc(C)cc1C. The molecule has 1 aromatic heterocycles. The van der Waals surface area contributed by atoms with E-state index in [4.69, 9.17) is 5.73 Å². The molecule has 0 aliphatic heterocycles. The predicted octanol–water partition coefficient (Wildman–Crippen LogP) is 0.991. The lowest BCUT2D eigenvalue weighted by Crippen LogP contribution is -2.35. The summed E-state index contributed by atoms with van der Waals surface area (Å²) in [6, 6.07) is 2.06. The average Bonchev–Trinajstić information content (AvgIpc) is 2.65. The second-order valence-corrected chi connectivity index (χ2v) is 4.64. The van der Waals surface area contributed by atoms with Crippen LogP contribution in [-0.4, -0.2) is 28.8 Å². The van der Waals surface area contributed by atoms with Crippen molar-refractivity contribution in [2.45, 2.75) is 40.2 Å². The highest BCUT2D eigenvalue weighted by atomic mass is 16.1. The van der Waals surface area contributed by atoms with Crippen LogP contribution >= 0.6 is 0 Å². The fourth-order valence-corrected chi connectivity index (χ4v) is 1.95. The number of nitrogens with zero attached hydrogens (tertiary/aromatic N) is 2. The number of hydrogen-bond acceptors (Lipinski definition) is 3. The zero-order chi connectivity index (χ0) is 13.5. The summed E-state index contributed by atoms with van der Waals surface area (Å²) >= 11 is 0. The minimum atomic E-state index is -0.0568. The van der Waals surface area contributed by atoms with Crippen LogP contribution in [0.3, 0.4) is 0 Å². The maximum absolute atomic E-state index is 11.7. The number of carbonyl (C=O) groups is 1. The second kappa shape index (κ2) is 7.16. The predicted molar refractivity (Wildman–Crippen MR) is 72.2 cm³/mol. The van der Waals surface area contributed by atoms with Crippen molar-refractivity contribution in [3.05, 3.63) is 17.5 Å². The third-order valence-corrected chi connectivity index (χ3v) is 3.10. The summed E-state index contributed by atoms with van der Waals surface area (Å²) in [4.78, 5) is 11.7. The molecule has 0 aliphatic rings. The zero-order valence-electron chi connectivity index (χ0n) is 11.6. The first-order valence-corrected chi connectivity index (χ1v) is 6.57. The molecule has 0 saturated carbocycles. The Morgan fingerprint density at radius 1 is 1.56 bits per heavy atom. The van der Waals surface area contributed by atoms with Crippen LogP contribution in [0.4, 0.5) is 0 Å². The van der Waals surface area contributed by atoms with E-state index in [0.717, 1.165) is 30.8 Å². The summed E-state index contributed by atoms with van der Waals surface area (Å²) < 4.78 is 1.97. The van der Waals surface area contributed by atoms with Crippen molar-refractivity contribution in [1.29, 1.82) is 0 Å². The van der Waals surface area contributed by atoms with Crippen molar-refractivity contribution in [3.8, 4) is 0 Å². The molecule has 102 valence electrons. The van der Waals surface area contributed by atoms with Gasteiger partial charge in [-0.1, -0.05) is 6.92 Å². The summed E-state index contributed by atoms with van der Waals surface area (Å²) in [7, 11) is 0. The lowest BCUT2D eigenvalue weighted by Gasteiger charge is -2.12. The Bertz CT molecular complexity index is 382. The van der Waals surface area contributed by atoms with Gasteiger partial charge in [0.25, 0.3) is 0 Å². The van der Waals surface area contributed by atoms with Gasteiger partial charge < -0.3 is 11.1 Å². The maximum atomic E-state index is 11.7. The van der Waals surface area contributed by atoms with E-state index < -0.39 is 0 Å². The van der Waals surface area contributed by atoms with Crippen molar-refractivity contribution < 1.29 is 4.79 Å². The van der Waals surface area contributed by atoms with E-state index in [-0.39, 0.29) is 11.8 Å². The van der Waals surface area contributed by atoms with Crippen LogP contribution in [0, 0.1) is 19.8 Å². The number of aromatic nitrogens is 2. The molecule has 0 aliphatic carbocycles. The summed E-state index contributed by atoms with van der Waals surface area (Å²) in [5, 5.41) is 7.30. The minimum Gasteiger partial charge on any atom is -0.356 e. The molecule has 0 spiro atoms. The van der Waals surface area contributed by atoms with E-state index in [0.29, 0.717) is 13.1 Å². The molecule has 5 heteroatoms. The van der Waals surface area contributed by atoms with Crippen LogP contribution in [0.5, 0.6) is 0 Å². The quantitative estimate of drug-likeness (QED) is 0.711. The highest BCUT2D eigenvalue weighted by Gasteiger charge is 2.13. The van der Waals surface area contributed by atoms with Gasteiger partial charge in [0.05, 0.1) is 5.69 Å². The molecule has 0 bridgehead atoms. The van der Waals surface area contributed by atoms with Gasteiger partial charge in [0, 0.05) is 31.2 Å². The standard InChI is InChI=1S/C13H24N4O/c1-4-12(9-14)13(18)15-6-5-7-17-11(3)8-10(2)16-17/h8,12H,4-7,9,14H2,1-3H3,(H,15,18). The molecule has 1 amide bonds. The van der Waals surface area contributed by atoms with Crippen LogP contribution in [0.2, 0.25) is 0 Å². The Kier molecular flexibility index (Phi) is 5.85. The molecule has 0 aromatic carbocycles. The number of carbonyl (C=O) groups excluding carboxylic acids is 1. The van der Waals surface area contributed by atoms with Crippen LogP contribution in [0.25, 0.3) is 0 Å². The largest absolute Gasteiger partial charge is 0.356 e. The van der Waals surface area contributed by atoms with E-state index >= 15 is 0 Å². The number of aryl methyl sites for hydroxylation is 3. The lowest BCUT2D eigenvalue weighted by atomic mass is 10.1. The van der Waals surface area contributed by atoms with Crippen LogP contribution in [0.15, 0.2) is 6.07 Å². The molecular weight excluding hydrogens is 228 g/mol. The normalized spacial score (nSPS) is 12.4. The van der Waals surface area contributed by atoms with Crippen molar-refractivity contribution in [1.82, 2.24) is 15.1 Å². The van der Waals surface area contributed by atoms with Gasteiger partial charge in [0.1, 0.15) is 0 Å². The van der Waals surface area contributed by atoms with Crippen LogP contribution in [0.1, 0.15) is 31.2 Å². The summed E-state index contributed by atoms with van der Waals surface area (Å²) in [5.74, 6) is 0.00653. The molecular formula is C13H24N4O. The Morgan fingerprint density at radius 2 is 2.28 bits per heavy atom. The molecule has 1 heterocycles. The van der Waals surface area contributed by atoms with E-state index in [1.54, 1.807) is 0 Å². The average molecular weight is 252 g/mol. The molecule has 1 rings (SSSR count). The lowest BCUT2D eigenvalue weighted by molar-refractivity contribution is -0.124. The molecule has 0 fully saturated rings. The van der Waals surface area contributed by atoms with Crippen molar-refractivity contribution in [2.24, 2.45) is 11.7 Å². The number of hydrogen-bond donors (Lipinski definition) is 2. The van der Waals surface area contributed by atoms with Crippen molar-refractivity contribution in [2.75, 3.05) is 13.1 Å². The maximum Gasteiger partial charge on any atom is 0.224 e. The molecule has 1 unspecified atom stereocenters. The second-order valence-electron chi connectivity index (χ2n) is 4.64. The molecule has 5 nitrogen and oxygen atoms in total. The van der Waals surface area contributed by atoms with Gasteiger partial charge in [0.15, 0.2) is 0 Å². The van der Waals surface area contributed by atoms with Crippen molar-refractivity contribution >= 4 is 5.91 Å². The molecule has 0 radical (unpaired) electrons. The number of nitrogens with two attached hydrogens (primary N) is 1. The van der Waals surface area contributed by atoms with Gasteiger partial charge in [-0.3, -0.25) is 9.48 Å². The number of nitrogens with one attached hydrogen (secondary N) is 1. The molecule has 18 heavy (non-hydrogen) atoms. The first-order chi connectivity index (χ1) is 8.58. The topological polar surface area (TPSA) is 72.9 Å². The van der Waals surface area contributed by atoms with E-state index in [9.17, 15) is 4.79 Å². The van der Waals surface area contributed by atoms with Gasteiger partial charge in [-0.2, -0.15) is 5.10 Å². The number of amides is 1. The molecule has 1 atom stereocenters. The molecule has 1 aromatic rings. The summed E-state index contributed by atoms with van der Waals surface area (Å²) in [6.07, 6.45) is 1.68. The van der Waals surface area contributed by atoms with Crippen molar-refractivity contribution in [3.63, 3.8) is 0 Å². The van der Waals surface area contributed by atoms with Crippen LogP contribution < -0.4 is 11.1 Å². The van der Waals surface area contributed by atoms with Crippen LogP contribution in [-0.2, 0) is 11.3 Å². The van der Waals surface area contributed by atoms with E-state index in [1.807, 2.05) is 25.5 Å². The molecule has 3 N–H and O–H groups in total. The highest BCUT2D eigenvalue weighted by molar-refractivity contribution is 5.78. The van der Waals surface area contributed by atoms with Gasteiger partial charge in [-0.05, 0) is 32.8 Å². The monoisotopic (exact) mass is 252 g/mol. The summed E-state index contributed by atoms with van der Waals surface area (Å²) in [5.41, 5.74) is 7.72. The Labute approximate surface area is 109 Å². The van der Waals surface area contributed by atoms with Gasteiger partial charge >= 0.3 is 0 Å². The number of rotatable bonds is 7. The van der Waals surface area contributed by atoms with E-state index in [1.165, 1.54) is 0 Å². The van der Waals surface area contributed by atoms with Gasteiger partial charge in [-0.15, -0.1) is 0 Å². The first kappa shape index (κ1) is 14.7. The van der Waals surface area contributed by atoms with E-state index in [2.05, 4.69) is 16.5 Å². The third kappa shape index (κ3) is 4.14. The van der Waals surface area contributed by atoms with Gasteiger partial charge in [0.2, 0.25) is 5.91 Å². The summed E-state index contributed by atoms with van der Waals surface area (Å²) in [6.45, 7) is 7.93. The third-order valence-electron chi connectivity index (χ3n) is 3.10. The minimum absolute atomic E-state index is 0.0568. The zero-order valence-corrected chi connectivity index (χ0v) is 11.6. The van der Waals surface area contributed by atoms with Gasteiger partial charge in [-0.25, -0.2) is 0 Å². The first-order valence-electron chi connectivity index (χ1n) is 6.57. The Hall–Kier alpha value is -1.36. The Morgan fingerprint density at radius 3 is 2.78 bits per heavy atom. The highest BCUT2D eigenvalue weighted by Crippen LogP contribution is 2.03. The molecule has 0 saturated heterocycles. The smallest absolute Gasteiger partial charge is 0.224 e.